The van der Waals surface area contributed by atoms with E-state index in [4.69, 9.17) is 0 Å². The Balaban J connectivity index is 2.09. The zero-order valence-electron chi connectivity index (χ0n) is 8.61. The van der Waals surface area contributed by atoms with Gasteiger partial charge in [0.05, 0.1) is 12.2 Å². The van der Waals surface area contributed by atoms with Crippen LogP contribution < -0.4 is 5.32 Å². The molecule has 0 aromatic carbocycles. The van der Waals surface area contributed by atoms with E-state index in [-0.39, 0.29) is 12.4 Å². The van der Waals surface area contributed by atoms with Gasteiger partial charge in [0.1, 0.15) is 6.33 Å². The topological polar surface area (TPSA) is 92.3 Å². The number of hydrogen-bond acceptors (Lipinski definition) is 6. The van der Waals surface area contributed by atoms with Gasteiger partial charge in [0.15, 0.2) is 17.5 Å². The third-order valence-electron chi connectivity index (χ3n) is 2.00. The number of rotatable bonds is 4. The summed E-state index contributed by atoms with van der Waals surface area (Å²) in [4.78, 5) is 7.63. The maximum absolute atomic E-state index is 13.6. The number of aromatic amines is 1. The first-order valence-corrected chi connectivity index (χ1v) is 4.76. The number of aryl methyl sites for hydroxylation is 1. The predicted molar refractivity (Wildman–Crippen MR) is 52.9 cm³/mol. The maximum atomic E-state index is 13.6. The zero-order valence-corrected chi connectivity index (χ0v) is 8.61. The molecule has 2 N–H and O–H groups in total. The third kappa shape index (κ3) is 2.10. The van der Waals surface area contributed by atoms with E-state index in [9.17, 15) is 4.39 Å². The van der Waals surface area contributed by atoms with Crippen LogP contribution in [0.3, 0.4) is 0 Å². The van der Waals surface area contributed by atoms with Crippen molar-refractivity contribution in [3.05, 3.63) is 23.7 Å². The van der Waals surface area contributed by atoms with Crippen LogP contribution in [-0.2, 0) is 13.0 Å². The van der Waals surface area contributed by atoms with Gasteiger partial charge < -0.3 is 5.32 Å². The Bertz CT molecular complexity index is 455. The smallest absolute Gasteiger partial charge is 0.193 e. The van der Waals surface area contributed by atoms with E-state index in [0.717, 1.165) is 0 Å². The molecular formula is C8H10FN7. The molecule has 16 heavy (non-hydrogen) atoms. The Hall–Kier alpha value is -2.12. The average molecular weight is 223 g/mol. The SMILES string of the molecule is CCc1ncnc(NCc2nn[nH]n2)c1F. The summed E-state index contributed by atoms with van der Waals surface area (Å²) < 4.78 is 13.6. The molecular weight excluding hydrogens is 213 g/mol. The highest BCUT2D eigenvalue weighted by Gasteiger charge is 2.09. The van der Waals surface area contributed by atoms with E-state index >= 15 is 0 Å². The van der Waals surface area contributed by atoms with Crippen molar-refractivity contribution in [3.8, 4) is 0 Å². The summed E-state index contributed by atoms with van der Waals surface area (Å²) in [6.45, 7) is 2.09. The Morgan fingerprint density at radius 1 is 1.44 bits per heavy atom. The van der Waals surface area contributed by atoms with Crippen molar-refractivity contribution in [1.82, 2.24) is 30.6 Å². The summed E-state index contributed by atoms with van der Waals surface area (Å²) in [5.41, 5.74) is 0.380. The van der Waals surface area contributed by atoms with E-state index in [1.165, 1.54) is 6.33 Å². The van der Waals surface area contributed by atoms with Gasteiger partial charge >= 0.3 is 0 Å². The molecule has 2 rings (SSSR count). The van der Waals surface area contributed by atoms with Gasteiger partial charge in [-0.2, -0.15) is 5.21 Å². The number of anilines is 1. The van der Waals surface area contributed by atoms with E-state index in [0.29, 0.717) is 17.9 Å². The first-order chi connectivity index (χ1) is 7.81. The number of aromatic nitrogens is 6. The van der Waals surface area contributed by atoms with Gasteiger partial charge in [-0.1, -0.05) is 12.1 Å². The summed E-state index contributed by atoms with van der Waals surface area (Å²) in [7, 11) is 0. The molecule has 0 atom stereocenters. The fourth-order valence-corrected chi connectivity index (χ4v) is 1.20. The van der Waals surface area contributed by atoms with Crippen molar-refractivity contribution in [2.45, 2.75) is 19.9 Å². The fourth-order valence-electron chi connectivity index (χ4n) is 1.20. The van der Waals surface area contributed by atoms with Gasteiger partial charge in [0.2, 0.25) is 0 Å². The second-order valence-electron chi connectivity index (χ2n) is 3.02. The molecule has 0 aliphatic rings. The van der Waals surface area contributed by atoms with E-state index in [2.05, 4.69) is 35.9 Å². The van der Waals surface area contributed by atoms with Gasteiger partial charge in [-0.3, -0.25) is 0 Å². The van der Waals surface area contributed by atoms with Gasteiger partial charge in [-0.05, 0) is 6.42 Å². The van der Waals surface area contributed by atoms with Crippen molar-refractivity contribution < 1.29 is 4.39 Å². The van der Waals surface area contributed by atoms with E-state index < -0.39 is 5.82 Å². The molecule has 0 aliphatic carbocycles. The highest BCUT2D eigenvalue weighted by atomic mass is 19.1. The molecule has 0 aliphatic heterocycles. The monoisotopic (exact) mass is 223 g/mol. The standard InChI is InChI=1S/C8H10FN7/c1-2-5-7(9)8(12-4-11-5)10-3-6-13-15-16-14-6/h4H,2-3H2,1H3,(H,10,11,12)(H,13,14,15,16). The number of hydrogen-bond donors (Lipinski definition) is 2. The number of halogens is 1. The maximum Gasteiger partial charge on any atom is 0.193 e. The van der Waals surface area contributed by atoms with Gasteiger partial charge in [-0.25, -0.2) is 14.4 Å². The van der Waals surface area contributed by atoms with Crippen LogP contribution in [-0.4, -0.2) is 30.6 Å². The van der Waals surface area contributed by atoms with Crippen LogP contribution >= 0.6 is 0 Å². The molecule has 84 valence electrons. The molecule has 2 aromatic rings. The van der Waals surface area contributed by atoms with Crippen LogP contribution in [0.25, 0.3) is 0 Å². The molecule has 0 fully saturated rings. The summed E-state index contributed by atoms with van der Waals surface area (Å²) in [5.74, 6) is 0.154. The average Bonchev–Trinajstić information content (AvgIpc) is 2.81. The van der Waals surface area contributed by atoms with Crippen molar-refractivity contribution in [2.24, 2.45) is 0 Å². The quantitative estimate of drug-likeness (QED) is 0.774. The molecule has 0 amide bonds. The first kappa shape index (κ1) is 10.4. The van der Waals surface area contributed by atoms with Crippen LogP contribution in [0.15, 0.2) is 6.33 Å². The Labute approximate surface area is 90.5 Å². The minimum atomic E-state index is -0.437. The van der Waals surface area contributed by atoms with Crippen LogP contribution in [0.1, 0.15) is 18.4 Å². The number of H-pyrrole nitrogens is 1. The molecule has 0 saturated carbocycles. The number of tetrazole rings is 1. The van der Waals surface area contributed by atoms with Crippen molar-refractivity contribution in [3.63, 3.8) is 0 Å². The lowest BCUT2D eigenvalue weighted by atomic mass is 10.3. The second-order valence-corrected chi connectivity index (χ2v) is 3.02. The molecule has 0 radical (unpaired) electrons. The summed E-state index contributed by atoms with van der Waals surface area (Å²) in [6, 6.07) is 0. The lowest BCUT2D eigenvalue weighted by molar-refractivity contribution is 0.596. The summed E-state index contributed by atoms with van der Waals surface area (Å²) in [6.07, 6.45) is 1.84. The minimum absolute atomic E-state index is 0.150. The van der Waals surface area contributed by atoms with Crippen LogP contribution in [0.5, 0.6) is 0 Å². The molecule has 2 heterocycles. The number of nitrogens with zero attached hydrogens (tertiary/aromatic N) is 5. The molecule has 0 saturated heterocycles. The predicted octanol–water partition coefficient (Wildman–Crippen LogP) is 0.303. The van der Waals surface area contributed by atoms with Crippen LogP contribution in [0.4, 0.5) is 10.2 Å². The van der Waals surface area contributed by atoms with Crippen molar-refractivity contribution >= 4 is 5.82 Å². The summed E-state index contributed by atoms with van der Waals surface area (Å²) in [5, 5.41) is 15.9. The highest BCUT2D eigenvalue weighted by molar-refractivity contribution is 5.37. The molecule has 0 unspecified atom stereocenters. The Kier molecular flexibility index (Phi) is 2.99. The van der Waals surface area contributed by atoms with E-state index in [1.54, 1.807) is 0 Å². The molecule has 2 aromatic heterocycles. The van der Waals surface area contributed by atoms with Crippen LogP contribution in [0, 0.1) is 5.82 Å². The minimum Gasteiger partial charge on any atom is -0.360 e. The normalized spacial score (nSPS) is 10.4. The fraction of sp³-hybridized carbons (Fsp3) is 0.375. The molecule has 0 spiro atoms. The van der Waals surface area contributed by atoms with Gasteiger partial charge in [0, 0.05) is 0 Å². The van der Waals surface area contributed by atoms with Gasteiger partial charge in [-0.15, -0.1) is 10.2 Å². The van der Waals surface area contributed by atoms with Gasteiger partial charge in [0.25, 0.3) is 0 Å². The van der Waals surface area contributed by atoms with Crippen LogP contribution in [0.2, 0.25) is 0 Å². The van der Waals surface area contributed by atoms with Crippen molar-refractivity contribution in [1.29, 1.82) is 0 Å². The first-order valence-electron chi connectivity index (χ1n) is 4.76. The third-order valence-corrected chi connectivity index (χ3v) is 2.00. The second kappa shape index (κ2) is 4.60. The number of nitrogens with one attached hydrogen (secondary N) is 2. The van der Waals surface area contributed by atoms with E-state index in [1.807, 2.05) is 6.92 Å². The molecule has 0 bridgehead atoms. The van der Waals surface area contributed by atoms with Crippen molar-refractivity contribution in [2.75, 3.05) is 5.32 Å². The molecule has 8 heteroatoms. The highest BCUT2D eigenvalue weighted by Crippen LogP contribution is 2.13. The lowest BCUT2D eigenvalue weighted by Gasteiger charge is -2.05. The lowest BCUT2D eigenvalue weighted by Crippen LogP contribution is -2.07. The zero-order chi connectivity index (χ0) is 11.4. The Morgan fingerprint density at radius 2 is 2.31 bits per heavy atom. The molecule has 7 nitrogen and oxygen atoms in total. The Morgan fingerprint density at radius 3 is 3.00 bits per heavy atom. The largest absolute Gasteiger partial charge is 0.360 e. The summed E-state index contributed by atoms with van der Waals surface area (Å²) >= 11 is 0.